The second kappa shape index (κ2) is 9.30. The minimum absolute atomic E-state index is 0.0801. The second-order valence-electron chi connectivity index (χ2n) is 7.11. The SMILES string of the molecule is COc1ccccc1-n1ccc(C)c(C(=O)NCCc2noc(-c3ccccc3)n2)c1=O. The predicted octanol–water partition coefficient (Wildman–Crippen LogP) is 3.18. The lowest BCUT2D eigenvalue weighted by Gasteiger charge is -2.13. The first-order valence-electron chi connectivity index (χ1n) is 10.1. The lowest BCUT2D eigenvalue weighted by molar-refractivity contribution is 0.0951. The number of carbonyl (C=O) groups is 1. The number of nitrogens with zero attached hydrogens (tertiary/aromatic N) is 3. The van der Waals surface area contributed by atoms with Crippen molar-refractivity contribution in [2.24, 2.45) is 0 Å². The summed E-state index contributed by atoms with van der Waals surface area (Å²) in [5.74, 6) is 0.977. The summed E-state index contributed by atoms with van der Waals surface area (Å²) < 4.78 is 12.0. The summed E-state index contributed by atoms with van der Waals surface area (Å²) in [7, 11) is 1.53. The quantitative estimate of drug-likeness (QED) is 0.484. The lowest BCUT2D eigenvalue weighted by atomic mass is 10.1. The third kappa shape index (κ3) is 4.29. The number of aromatic nitrogens is 3. The summed E-state index contributed by atoms with van der Waals surface area (Å²) in [5, 5.41) is 6.73. The number of rotatable bonds is 7. The first-order valence-corrected chi connectivity index (χ1v) is 10.1. The number of ether oxygens (including phenoxy) is 1. The van der Waals surface area contributed by atoms with Crippen LogP contribution < -0.4 is 15.6 Å². The van der Waals surface area contributed by atoms with E-state index in [2.05, 4.69) is 15.5 Å². The second-order valence-corrected chi connectivity index (χ2v) is 7.11. The third-order valence-corrected chi connectivity index (χ3v) is 5.00. The molecule has 0 aliphatic heterocycles. The van der Waals surface area contributed by atoms with Gasteiger partial charge in [0, 0.05) is 24.7 Å². The molecule has 0 unspecified atom stereocenters. The van der Waals surface area contributed by atoms with E-state index in [0.29, 0.717) is 35.1 Å². The first-order chi connectivity index (χ1) is 15.6. The minimum atomic E-state index is -0.455. The summed E-state index contributed by atoms with van der Waals surface area (Å²) in [6, 6.07) is 18.3. The molecule has 4 rings (SSSR count). The van der Waals surface area contributed by atoms with Crippen LogP contribution in [0, 0.1) is 6.92 Å². The van der Waals surface area contributed by atoms with Crippen LogP contribution in [0.2, 0.25) is 0 Å². The summed E-state index contributed by atoms with van der Waals surface area (Å²) in [6.07, 6.45) is 2.01. The van der Waals surface area contributed by atoms with Crippen molar-refractivity contribution in [3.05, 3.63) is 94.2 Å². The predicted molar refractivity (Wildman–Crippen MR) is 119 cm³/mol. The van der Waals surface area contributed by atoms with E-state index in [1.807, 2.05) is 36.4 Å². The fourth-order valence-corrected chi connectivity index (χ4v) is 3.35. The van der Waals surface area contributed by atoms with Gasteiger partial charge < -0.3 is 14.6 Å². The first kappa shape index (κ1) is 21.0. The molecule has 32 heavy (non-hydrogen) atoms. The highest BCUT2D eigenvalue weighted by Gasteiger charge is 2.18. The molecule has 0 atom stereocenters. The zero-order chi connectivity index (χ0) is 22.5. The Balaban J connectivity index is 1.48. The van der Waals surface area contributed by atoms with Gasteiger partial charge in [0.1, 0.15) is 11.3 Å². The molecule has 8 heteroatoms. The molecule has 0 aliphatic rings. The maximum absolute atomic E-state index is 13.1. The molecule has 2 aromatic carbocycles. The number of carbonyl (C=O) groups excluding carboxylic acids is 1. The Morgan fingerprint density at radius 1 is 1.09 bits per heavy atom. The minimum Gasteiger partial charge on any atom is -0.495 e. The highest BCUT2D eigenvalue weighted by Crippen LogP contribution is 2.21. The third-order valence-electron chi connectivity index (χ3n) is 5.00. The average molecular weight is 430 g/mol. The largest absolute Gasteiger partial charge is 0.495 e. The molecular weight excluding hydrogens is 408 g/mol. The van der Waals surface area contributed by atoms with Crippen molar-refractivity contribution in [3.63, 3.8) is 0 Å². The Morgan fingerprint density at radius 2 is 1.84 bits per heavy atom. The van der Waals surface area contributed by atoms with Crippen molar-refractivity contribution in [2.45, 2.75) is 13.3 Å². The Kier molecular flexibility index (Phi) is 6.12. The highest BCUT2D eigenvalue weighted by molar-refractivity contribution is 5.95. The molecule has 2 heterocycles. The van der Waals surface area contributed by atoms with Crippen molar-refractivity contribution in [2.75, 3.05) is 13.7 Å². The number of para-hydroxylation sites is 2. The molecule has 2 aromatic heterocycles. The molecule has 0 fully saturated rings. The van der Waals surface area contributed by atoms with Gasteiger partial charge in [-0.2, -0.15) is 4.98 Å². The van der Waals surface area contributed by atoms with Gasteiger partial charge in [-0.15, -0.1) is 0 Å². The number of pyridine rings is 1. The fourth-order valence-electron chi connectivity index (χ4n) is 3.35. The number of hydrogen-bond acceptors (Lipinski definition) is 6. The number of nitrogens with one attached hydrogen (secondary N) is 1. The van der Waals surface area contributed by atoms with Crippen LogP contribution >= 0.6 is 0 Å². The maximum Gasteiger partial charge on any atom is 0.268 e. The normalized spacial score (nSPS) is 10.7. The Bertz CT molecular complexity index is 1290. The van der Waals surface area contributed by atoms with E-state index in [1.54, 1.807) is 37.4 Å². The van der Waals surface area contributed by atoms with Crippen LogP contribution in [-0.2, 0) is 6.42 Å². The van der Waals surface area contributed by atoms with E-state index in [-0.39, 0.29) is 12.1 Å². The molecule has 1 N–H and O–H groups in total. The van der Waals surface area contributed by atoms with Gasteiger partial charge >= 0.3 is 0 Å². The van der Waals surface area contributed by atoms with Gasteiger partial charge in [0.2, 0.25) is 0 Å². The molecule has 1 amide bonds. The highest BCUT2D eigenvalue weighted by atomic mass is 16.5. The van der Waals surface area contributed by atoms with Crippen LogP contribution in [0.15, 0.2) is 76.2 Å². The monoisotopic (exact) mass is 430 g/mol. The summed E-state index contributed by atoms with van der Waals surface area (Å²) in [5.41, 5.74) is 1.64. The smallest absolute Gasteiger partial charge is 0.268 e. The number of methoxy groups -OCH3 is 1. The number of hydrogen-bond donors (Lipinski definition) is 1. The van der Waals surface area contributed by atoms with E-state index in [1.165, 1.54) is 11.7 Å². The molecule has 8 nitrogen and oxygen atoms in total. The molecule has 0 saturated carbocycles. The number of aryl methyl sites for hydroxylation is 1. The fraction of sp³-hybridized carbons (Fsp3) is 0.167. The zero-order valence-electron chi connectivity index (χ0n) is 17.7. The average Bonchev–Trinajstić information content (AvgIpc) is 3.29. The molecule has 0 bridgehead atoms. The van der Waals surface area contributed by atoms with Gasteiger partial charge in [0.15, 0.2) is 5.82 Å². The standard InChI is InChI=1S/C24H22N4O4/c1-16-13-15-28(18-10-6-7-11-19(18)31-2)24(30)21(16)22(29)25-14-12-20-26-23(32-27-20)17-8-4-3-5-9-17/h3-11,13,15H,12,14H2,1-2H3,(H,25,29). The Morgan fingerprint density at radius 3 is 2.62 bits per heavy atom. The topological polar surface area (TPSA) is 99.2 Å². The molecule has 162 valence electrons. The van der Waals surface area contributed by atoms with Crippen LogP contribution in [0.3, 0.4) is 0 Å². The number of benzene rings is 2. The molecule has 0 radical (unpaired) electrons. The van der Waals surface area contributed by atoms with Gasteiger partial charge in [0.05, 0.1) is 12.8 Å². The van der Waals surface area contributed by atoms with Crippen molar-refractivity contribution in [1.82, 2.24) is 20.0 Å². The van der Waals surface area contributed by atoms with Crippen LogP contribution in [0.4, 0.5) is 0 Å². The van der Waals surface area contributed by atoms with Crippen molar-refractivity contribution >= 4 is 5.91 Å². The van der Waals surface area contributed by atoms with Gasteiger partial charge in [-0.3, -0.25) is 14.2 Å². The van der Waals surface area contributed by atoms with E-state index in [0.717, 1.165) is 5.56 Å². The van der Waals surface area contributed by atoms with E-state index >= 15 is 0 Å². The van der Waals surface area contributed by atoms with Crippen molar-refractivity contribution < 1.29 is 14.1 Å². The van der Waals surface area contributed by atoms with Crippen LogP contribution in [-0.4, -0.2) is 34.3 Å². The van der Waals surface area contributed by atoms with Gasteiger partial charge in [-0.1, -0.05) is 35.5 Å². The van der Waals surface area contributed by atoms with E-state index < -0.39 is 11.5 Å². The lowest BCUT2D eigenvalue weighted by Crippen LogP contribution is -2.34. The molecule has 0 aliphatic carbocycles. The van der Waals surface area contributed by atoms with Gasteiger partial charge in [-0.25, -0.2) is 0 Å². The molecule has 0 saturated heterocycles. The van der Waals surface area contributed by atoms with Gasteiger partial charge in [-0.05, 0) is 42.8 Å². The van der Waals surface area contributed by atoms with Crippen LogP contribution in [0.25, 0.3) is 17.1 Å². The number of amides is 1. The van der Waals surface area contributed by atoms with Crippen LogP contribution in [0.5, 0.6) is 5.75 Å². The molecule has 4 aromatic rings. The van der Waals surface area contributed by atoms with E-state index in [9.17, 15) is 9.59 Å². The Labute approximate surface area is 184 Å². The molecular formula is C24H22N4O4. The summed E-state index contributed by atoms with van der Waals surface area (Å²) >= 11 is 0. The van der Waals surface area contributed by atoms with Crippen molar-refractivity contribution in [1.29, 1.82) is 0 Å². The zero-order valence-corrected chi connectivity index (χ0v) is 17.7. The summed E-state index contributed by atoms with van der Waals surface area (Å²) in [6.45, 7) is 1.99. The van der Waals surface area contributed by atoms with Gasteiger partial charge in [0.25, 0.3) is 17.4 Å². The summed E-state index contributed by atoms with van der Waals surface area (Å²) in [4.78, 5) is 30.3. The Hall–Kier alpha value is -4.20. The maximum atomic E-state index is 13.1. The molecule has 0 spiro atoms. The van der Waals surface area contributed by atoms with Crippen molar-refractivity contribution in [3.8, 4) is 22.9 Å². The van der Waals surface area contributed by atoms with Crippen LogP contribution in [0.1, 0.15) is 21.7 Å². The van der Waals surface area contributed by atoms with E-state index in [4.69, 9.17) is 9.26 Å².